The number of carbonyl (C=O) groups is 1. The second-order valence-electron chi connectivity index (χ2n) is 5.81. The molecular weight excluding hydrogens is 288 g/mol. The highest BCUT2D eigenvalue weighted by atomic mass is 16.5. The number of hydrogen-bond donors (Lipinski definition) is 0. The Morgan fingerprint density at radius 1 is 1.22 bits per heavy atom. The molecule has 0 aliphatic carbocycles. The third kappa shape index (κ3) is 4.09. The Balaban J connectivity index is 2.06. The van der Waals surface area contributed by atoms with Crippen LogP contribution in [0.15, 0.2) is 48.8 Å². The smallest absolute Gasteiger partial charge is 0.223 e. The molecule has 122 valence electrons. The van der Waals surface area contributed by atoms with E-state index in [0.29, 0.717) is 6.42 Å². The standard InChI is InChI=1S/C19H24N2O2/c1-14(17-9-5-6-10-18(17)23-4)12-19(22)21(3)15(2)16-8-7-11-20-13-16/h5-11,13-15H,12H2,1-4H3. The number of benzene rings is 1. The molecular formula is C19H24N2O2. The first-order valence-corrected chi connectivity index (χ1v) is 7.83. The minimum atomic E-state index is 0.000990. The number of pyridine rings is 1. The Bertz CT molecular complexity index is 643. The number of amides is 1. The van der Waals surface area contributed by atoms with Crippen molar-refractivity contribution >= 4 is 5.91 Å². The second-order valence-corrected chi connectivity index (χ2v) is 5.81. The fraction of sp³-hybridized carbons (Fsp3) is 0.368. The number of hydrogen-bond acceptors (Lipinski definition) is 3. The quantitative estimate of drug-likeness (QED) is 0.814. The molecule has 2 rings (SSSR count). The van der Waals surface area contributed by atoms with Gasteiger partial charge in [-0.15, -0.1) is 0 Å². The van der Waals surface area contributed by atoms with Gasteiger partial charge >= 0.3 is 0 Å². The first kappa shape index (κ1) is 17.0. The molecule has 2 unspecified atom stereocenters. The number of rotatable bonds is 6. The molecule has 0 N–H and O–H groups in total. The van der Waals surface area contributed by atoms with Gasteiger partial charge in [0, 0.05) is 25.9 Å². The highest BCUT2D eigenvalue weighted by Crippen LogP contribution is 2.29. The average molecular weight is 312 g/mol. The maximum atomic E-state index is 12.6. The van der Waals surface area contributed by atoms with Crippen LogP contribution in [0, 0.1) is 0 Å². The van der Waals surface area contributed by atoms with E-state index < -0.39 is 0 Å². The van der Waals surface area contributed by atoms with Crippen molar-refractivity contribution in [2.24, 2.45) is 0 Å². The molecule has 0 bridgehead atoms. The molecule has 23 heavy (non-hydrogen) atoms. The Labute approximate surface area is 138 Å². The van der Waals surface area contributed by atoms with E-state index in [9.17, 15) is 4.79 Å². The Hall–Kier alpha value is -2.36. The zero-order valence-corrected chi connectivity index (χ0v) is 14.2. The molecule has 4 nitrogen and oxygen atoms in total. The van der Waals surface area contributed by atoms with E-state index in [4.69, 9.17) is 4.74 Å². The minimum absolute atomic E-state index is 0.000990. The van der Waals surface area contributed by atoms with E-state index in [0.717, 1.165) is 16.9 Å². The Morgan fingerprint density at radius 3 is 2.61 bits per heavy atom. The zero-order valence-electron chi connectivity index (χ0n) is 14.2. The van der Waals surface area contributed by atoms with Gasteiger partial charge in [0.05, 0.1) is 13.2 Å². The van der Waals surface area contributed by atoms with Crippen LogP contribution in [0.5, 0.6) is 5.75 Å². The van der Waals surface area contributed by atoms with Crippen molar-refractivity contribution < 1.29 is 9.53 Å². The van der Waals surface area contributed by atoms with Crippen molar-refractivity contribution in [2.75, 3.05) is 14.2 Å². The molecule has 0 saturated heterocycles. The molecule has 4 heteroatoms. The first-order valence-electron chi connectivity index (χ1n) is 7.83. The van der Waals surface area contributed by atoms with Crippen LogP contribution in [0.25, 0.3) is 0 Å². The maximum absolute atomic E-state index is 12.6. The van der Waals surface area contributed by atoms with E-state index >= 15 is 0 Å². The molecule has 2 aromatic rings. The van der Waals surface area contributed by atoms with E-state index in [2.05, 4.69) is 11.9 Å². The number of ether oxygens (including phenoxy) is 1. The number of nitrogens with zero attached hydrogens (tertiary/aromatic N) is 2. The molecule has 0 radical (unpaired) electrons. The number of carbonyl (C=O) groups excluding carboxylic acids is 1. The van der Waals surface area contributed by atoms with E-state index in [1.165, 1.54) is 0 Å². The van der Waals surface area contributed by atoms with Crippen LogP contribution >= 0.6 is 0 Å². The van der Waals surface area contributed by atoms with Crippen LogP contribution in [-0.2, 0) is 4.79 Å². The maximum Gasteiger partial charge on any atom is 0.223 e. The van der Waals surface area contributed by atoms with Crippen molar-refractivity contribution in [1.82, 2.24) is 9.88 Å². The summed E-state index contributed by atoms with van der Waals surface area (Å²) in [5.41, 5.74) is 2.10. The van der Waals surface area contributed by atoms with Crippen LogP contribution in [0.2, 0.25) is 0 Å². The van der Waals surface area contributed by atoms with Crippen LogP contribution < -0.4 is 4.74 Å². The summed E-state index contributed by atoms with van der Waals surface area (Å²) >= 11 is 0. The summed E-state index contributed by atoms with van der Waals surface area (Å²) < 4.78 is 5.39. The van der Waals surface area contributed by atoms with Crippen molar-refractivity contribution in [1.29, 1.82) is 0 Å². The summed E-state index contributed by atoms with van der Waals surface area (Å²) in [7, 11) is 3.50. The van der Waals surface area contributed by atoms with Crippen molar-refractivity contribution in [2.45, 2.75) is 32.2 Å². The summed E-state index contributed by atoms with van der Waals surface area (Å²) in [6, 6.07) is 11.7. The topological polar surface area (TPSA) is 42.4 Å². The van der Waals surface area contributed by atoms with Gasteiger partial charge in [0.15, 0.2) is 0 Å². The van der Waals surface area contributed by atoms with Gasteiger partial charge in [-0.3, -0.25) is 9.78 Å². The summed E-state index contributed by atoms with van der Waals surface area (Å²) in [6.07, 6.45) is 3.99. The molecule has 1 heterocycles. The largest absolute Gasteiger partial charge is 0.496 e. The molecule has 1 aromatic heterocycles. The first-order chi connectivity index (χ1) is 11.0. The second kappa shape index (κ2) is 7.77. The molecule has 0 aliphatic heterocycles. The number of methoxy groups -OCH3 is 1. The summed E-state index contributed by atoms with van der Waals surface area (Å²) in [4.78, 5) is 18.5. The predicted molar refractivity (Wildman–Crippen MR) is 91.4 cm³/mol. The van der Waals surface area contributed by atoms with Crippen LogP contribution in [0.3, 0.4) is 0 Å². The molecule has 1 amide bonds. The predicted octanol–water partition coefficient (Wildman–Crippen LogP) is 3.80. The summed E-state index contributed by atoms with van der Waals surface area (Å²) in [5.74, 6) is 1.04. The van der Waals surface area contributed by atoms with Gasteiger partial charge < -0.3 is 9.64 Å². The fourth-order valence-corrected chi connectivity index (χ4v) is 2.65. The summed E-state index contributed by atoms with van der Waals surface area (Å²) in [5, 5.41) is 0. The fourth-order valence-electron chi connectivity index (χ4n) is 2.65. The third-order valence-corrected chi connectivity index (χ3v) is 4.29. The Morgan fingerprint density at radius 2 is 1.96 bits per heavy atom. The van der Waals surface area contributed by atoms with E-state index in [-0.39, 0.29) is 17.9 Å². The van der Waals surface area contributed by atoms with Gasteiger partial charge in [0.2, 0.25) is 5.91 Å². The van der Waals surface area contributed by atoms with Crippen LogP contribution in [-0.4, -0.2) is 29.9 Å². The lowest BCUT2D eigenvalue weighted by Gasteiger charge is -2.26. The van der Waals surface area contributed by atoms with Crippen molar-refractivity contribution in [3.05, 3.63) is 59.9 Å². The lowest BCUT2D eigenvalue weighted by molar-refractivity contribution is -0.132. The van der Waals surface area contributed by atoms with Gasteiger partial charge in [-0.05, 0) is 36.1 Å². The Kier molecular flexibility index (Phi) is 5.74. The third-order valence-electron chi connectivity index (χ3n) is 4.29. The minimum Gasteiger partial charge on any atom is -0.496 e. The SMILES string of the molecule is COc1ccccc1C(C)CC(=O)N(C)C(C)c1cccnc1. The monoisotopic (exact) mass is 312 g/mol. The molecule has 1 aromatic carbocycles. The average Bonchev–Trinajstić information content (AvgIpc) is 2.60. The highest BCUT2D eigenvalue weighted by Gasteiger charge is 2.21. The number of para-hydroxylation sites is 1. The van der Waals surface area contributed by atoms with Crippen LogP contribution in [0.4, 0.5) is 0 Å². The van der Waals surface area contributed by atoms with Crippen LogP contribution in [0.1, 0.15) is 43.4 Å². The normalized spacial score (nSPS) is 13.2. The zero-order chi connectivity index (χ0) is 16.8. The van der Waals surface area contributed by atoms with Gasteiger partial charge in [-0.25, -0.2) is 0 Å². The van der Waals surface area contributed by atoms with Gasteiger partial charge in [-0.1, -0.05) is 31.2 Å². The lowest BCUT2D eigenvalue weighted by Crippen LogP contribution is -2.30. The molecule has 2 atom stereocenters. The van der Waals surface area contributed by atoms with E-state index in [1.807, 2.05) is 50.4 Å². The molecule has 0 spiro atoms. The number of aromatic nitrogens is 1. The van der Waals surface area contributed by atoms with Gasteiger partial charge in [-0.2, -0.15) is 0 Å². The molecule has 0 fully saturated rings. The van der Waals surface area contributed by atoms with Crippen molar-refractivity contribution in [3.63, 3.8) is 0 Å². The highest BCUT2D eigenvalue weighted by molar-refractivity contribution is 5.77. The lowest BCUT2D eigenvalue weighted by atomic mass is 9.96. The van der Waals surface area contributed by atoms with Gasteiger partial charge in [0.25, 0.3) is 0 Å². The molecule has 0 aliphatic rings. The molecule has 0 saturated carbocycles. The summed E-state index contributed by atoms with van der Waals surface area (Å²) in [6.45, 7) is 4.07. The van der Waals surface area contributed by atoms with Crippen molar-refractivity contribution in [3.8, 4) is 5.75 Å². The van der Waals surface area contributed by atoms with E-state index in [1.54, 1.807) is 24.4 Å². The van der Waals surface area contributed by atoms with Gasteiger partial charge in [0.1, 0.15) is 5.75 Å².